The van der Waals surface area contributed by atoms with Crippen LogP contribution in [-0.4, -0.2) is 28.9 Å². The van der Waals surface area contributed by atoms with Crippen molar-refractivity contribution in [2.24, 2.45) is 5.92 Å². The van der Waals surface area contributed by atoms with Gasteiger partial charge in [0.05, 0.1) is 5.56 Å². The van der Waals surface area contributed by atoms with Crippen LogP contribution in [-0.2, 0) is 0 Å². The summed E-state index contributed by atoms with van der Waals surface area (Å²) < 4.78 is 0.759. The molecule has 2 rings (SSSR count). The molecule has 1 aliphatic carbocycles. The van der Waals surface area contributed by atoms with Gasteiger partial charge in [0, 0.05) is 19.3 Å². The van der Waals surface area contributed by atoms with Gasteiger partial charge in [-0.3, -0.25) is 4.79 Å². The molecule has 86 valence electrons. The van der Waals surface area contributed by atoms with Gasteiger partial charge in [-0.1, -0.05) is 0 Å². The van der Waals surface area contributed by atoms with Gasteiger partial charge in [-0.05, 0) is 53.7 Å². The predicted molar refractivity (Wildman–Crippen MR) is 66.2 cm³/mol. The Labute approximate surface area is 104 Å². The van der Waals surface area contributed by atoms with E-state index in [0.29, 0.717) is 5.56 Å². The molecule has 1 fully saturated rings. The first-order valence-corrected chi connectivity index (χ1v) is 6.41. The lowest BCUT2D eigenvalue weighted by molar-refractivity contribution is 0.0756. The second-order valence-corrected chi connectivity index (χ2v) is 4.97. The Kier molecular flexibility index (Phi) is 3.59. The summed E-state index contributed by atoms with van der Waals surface area (Å²) in [4.78, 5) is 18.1. The van der Waals surface area contributed by atoms with Crippen molar-refractivity contribution in [1.82, 2.24) is 9.88 Å². The first kappa shape index (κ1) is 11.6. The van der Waals surface area contributed by atoms with Crippen LogP contribution in [0.4, 0.5) is 0 Å². The molecular formula is C12H15BrN2O. The number of carbonyl (C=O) groups is 1. The summed E-state index contributed by atoms with van der Waals surface area (Å²) in [5.41, 5.74) is 0.672. The van der Waals surface area contributed by atoms with Crippen molar-refractivity contribution in [2.45, 2.75) is 19.8 Å². The summed E-state index contributed by atoms with van der Waals surface area (Å²) in [6.45, 7) is 3.68. The zero-order chi connectivity index (χ0) is 11.5. The van der Waals surface area contributed by atoms with Crippen LogP contribution in [0.1, 0.15) is 30.1 Å². The van der Waals surface area contributed by atoms with Crippen LogP contribution in [0.15, 0.2) is 22.9 Å². The van der Waals surface area contributed by atoms with E-state index in [9.17, 15) is 4.79 Å². The molecule has 1 amide bonds. The molecule has 3 nitrogen and oxygen atoms in total. The number of halogens is 1. The first-order chi connectivity index (χ1) is 7.70. The van der Waals surface area contributed by atoms with Gasteiger partial charge in [0.1, 0.15) is 4.60 Å². The van der Waals surface area contributed by atoms with Crippen LogP contribution in [0.5, 0.6) is 0 Å². The van der Waals surface area contributed by atoms with E-state index in [4.69, 9.17) is 0 Å². The van der Waals surface area contributed by atoms with Crippen molar-refractivity contribution in [2.75, 3.05) is 13.1 Å². The Morgan fingerprint density at radius 2 is 2.31 bits per heavy atom. The van der Waals surface area contributed by atoms with Gasteiger partial charge in [0.15, 0.2) is 0 Å². The van der Waals surface area contributed by atoms with Crippen LogP contribution in [0.3, 0.4) is 0 Å². The van der Waals surface area contributed by atoms with Crippen LogP contribution in [0, 0.1) is 5.92 Å². The highest BCUT2D eigenvalue weighted by atomic mass is 79.9. The minimum absolute atomic E-state index is 0.0920. The van der Waals surface area contributed by atoms with E-state index in [1.165, 1.54) is 12.8 Å². The summed E-state index contributed by atoms with van der Waals surface area (Å²) in [6.07, 6.45) is 4.16. The topological polar surface area (TPSA) is 33.2 Å². The lowest BCUT2D eigenvalue weighted by Gasteiger charge is -2.20. The highest BCUT2D eigenvalue weighted by Gasteiger charge is 2.26. The standard InChI is InChI=1S/C12H15BrN2O/c1-2-15(8-9-3-4-9)12(16)10-5-6-11(13)14-7-10/h5-7,9H,2-4,8H2,1H3. The third kappa shape index (κ3) is 2.82. The van der Waals surface area contributed by atoms with Crippen molar-refractivity contribution in [3.05, 3.63) is 28.5 Å². The van der Waals surface area contributed by atoms with Gasteiger partial charge in [-0.15, -0.1) is 0 Å². The molecular weight excluding hydrogens is 268 g/mol. The SMILES string of the molecule is CCN(CC1CC1)C(=O)c1ccc(Br)nc1. The average molecular weight is 283 g/mol. The molecule has 1 saturated carbocycles. The van der Waals surface area contributed by atoms with Gasteiger partial charge in [-0.2, -0.15) is 0 Å². The maximum Gasteiger partial charge on any atom is 0.255 e. The molecule has 0 unspecified atom stereocenters. The molecule has 0 atom stereocenters. The lowest BCUT2D eigenvalue weighted by atomic mass is 10.2. The van der Waals surface area contributed by atoms with Crippen LogP contribution < -0.4 is 0 Å². The maximum atomic E-state index is 12.1. The largest absolute Gasteiger partial charge is 0.339 e. The fraction of sp³-hybridized carbons (Fsp3) is 0.500. The fourth-order valence-electron chi connectivity index (χ4n) is 1.65. The minimum Gasteiger partial charge on any atom is -0.339 e. The Hall–Kier alpha value is -0.900. The minimum atomic E-state index is 0.0920. The van der Waals surface area contributed by atoms with E-state index >= 15 is 0 Å². The molecule has 1 aromatic rings. The van der Waals surface area contributed by atoms with Gasteiger partial charge in [0.2, 0.25) is 0 Å². The van der Waals surface area contributed by atoms with Crippen LogP contribution in [0.2, 0.25) is 0 Å². The van der Waals surface area contributed by atoms with Gasteiger partial charge in [0.25, 0.3) is 5.91 Å². The van der Waals surface area contributed by atoms with E-state index in [1.54, 1.807) is 12.3 Å². The highest BCUT2D eigenvalue weighted by Crippen LogP contribution is 2.30. The van der Waals surface area contributed by atoms with Gasteiger partial charge < -0.3 is 4.90 Å². The second-order valence-electron chi connectivity index (χ2n) is 4.16. The summed E-state index contributed by atoms with van der Waals surface area (Å²) in [5, 5.41) is 0. The molecule has 1 aliphatic rings. The first-order valence-electron chi connectivity index (χ1n) is 5.61. The third-order valence-electron chi connectivity index (χ3n) is 2.82. The molecule has 0 saturated heterocycles. The number of pyridine rings is 1. The summed E-state index contributed by atoms with van der Waals surface area (Å²) >= 11 is 3.26. The van der Waals surface area contributed by atoms with Crippen molar-refractivity contribution >= 4 is 21.8 Å². The molecule has 0 aromatic carbocycles. The molecule has 0 aliphatic heterocycles. The molecule has 0 spiro atoms. The van der Waals surface area contributed by atoms with Crippen molar-refractivity contribution in [1.29, 1.82) is 0 Å². The Morgan fingerprint density at radius 3 is 2.81 bits per heavy atom. The Balaban J connectivity index is 2.06. The van der Waals surface area contributed by atoms with Crippen molar-refractivity contribution in [3.63, 3.8) is 0 Å². The van der Waals surface area contributed by atoms with Gasteiger partial charge >= 0.3 is 0 Å². The molecule has 4 heteroatoms. The number of rotatable bonds is 4. The van der Waals surface area contributed by atoms with Crippen molar-refractivity contribution in [3.8, 4) is 0 Å². The zero-order valence-electron chi connectivity index (χ0n) is 9.32. The molecule has 0 bridgehead atoms. The smallest absolute Gasteiger partial charge is 0.255 e. The Morgan fingerprint density at radius 1 is 1.56 bits per heavy atom. The summed E-state index contributed by atoms with van der Waals surface area (Å²) in [7, 11) is 0. The molecule has 16 heavy (non-hydrogen) atoms. The maximum absolute atomic E-state index is 12.1. The van der Waals surface area contributed by atoms with Crippen molar-refractivity contribution < 1.29 is 4.79 Å². The number of hydrogen-bond acceptors (Lipinski definition) is 2. The number of aromatic nitrogens is 1. The fourth-order valence-corrected chi connectivity index (χ4v) is 1.89. The average Bonchev–Trinajstić information content (AvgIpc) is 3.10. The van der Waals surface area contributed by atoms with E-state index < -0.39 is 0 Å². The van der Waals surface area contributed by atoms with E-state index in [2.05, 4.69) is 20.9 Å². The third-order valence-corrected chi connectivity index (χ3v) is 3.29. The Bertz CT molecular complexity index is 373. The summed E-state index contributed by atoms with van der Waals surface area (Å²) in [5.74, 6) is 0.821. The highest BCUT2D eigenvalue weighted by molar-refractivity contribution is 9.10. The monoisotopic (exact) mass is 282 g/mol. The van der Waals surface area contributed by atoms with Crippen LogP contribution >= 0.6 is 15.9 Å². The number of amides is 1. The molecule has 0 N–H and O–H groups in total. The number of hydrogen-bond donors (Lipinski definition) is 0. The predicted octanol–water partition coefficient (Wildman–Crippen LogP) is 2.72. The number of carbonyl (C=O) groups excluding carboxylic acids is 1. The summed E-state index contributed by atoms with van der Waals surface area (Å²) in [6, 6.07) is 3.62. The van der Waals surface area contributed by atoms with E-state index in [1.807, 2.05) is 17.9 Å². The molecule has 1 aromatic heterocycles. The van der Waals surface area contributed by atoms with Gasteiger partial charge in [-0.25, -0.2) is 4.98 Å². The second kappa shape index (κ2) is 4.95. The number of nitrogens with zero attached hydrogens (tertiary/aromatic N) is 2. The molecule has 0 radical (unpaired) electrons. The van der Waals surface area contributed by atoms with E-state index in [0.717, 1.165) is 23.6 Å². The van der Waals surface area contributed by atoms with E-state index in [-0.39, 0.29) is 5.91 Å². The normalized spacial score (nSPS) is 14.9. The lowest BCUT2D eigenvalue weighted by Crippen LogP contribution is -2.32. The molecule has 1 heterocycles. The quantitative estimate of drug-likeness (QED) is 0.796. The zero-order valence-corrected chi connectivity index (χ0v) is 10.9. The van der Waals surface area contributed by atoms with Crippen LogP contribution in [0.25, 0.3) is 0 Å².